The molecule has 0 radical (unpaired) electrons. The van der Waals surface area contributed by atoms with Crippen LogP contribution in [0.2, 0.25) is 0 Å². The van der Waals surface area contributed by atoms with Crippen LogP contribution in [0.15, 0.2) is 0 Å². The molecule has 1 fully saturated rings. The molecular weight excluding hydrogens is 237 g/mol. The average molecular weight is 254 g/mol. The largest absolute Gasteiger partial charge is 0.449 e. The zero-order valence-electron chi connectivity index (χ0n) is 9.79. The number of amides is 1. The number of rotatable bonds is 3. The predicted molar refractivity (Wildman–Crippen MR) is 55.7 cm³/mol. The summed E-state index contributed by atoms with van der Waals surface area (Å²) in [6.45, 7) is 2.37. The summed E-state index contributed by atoms with van der Waals surface area (Å²) in [4.78, 5) is 14.2. The number of halogens is 3. The summed E-state index contributed by atoms with van der Waals surface area (Å²) in [5.41, 5.74) is 0. The molecule has 0 aromatic heterocycles. The molecule has 4 nitrogen and oxygen atoms in total. The second-order valence-electron chi connectivity index (χ2n) is 3.99. The molecule has 1 heterocycles. The van der Waals surface area contributed by atoms with Crippen LogP contribution < -0.4 is 0 Å². The van der Waals surface area contributed by atoms with Crippen LogP contribution in [0, 0.1) is 0 Å². The highest BCUT2D eigenvalue weighted by molar-refractivity contribution is 5.67. The van der Waals surface area contributed by atoms with Gasteiger partial charge in [0.1, 0.15) is 0 Å². The van der Waals surface area contributed by atoms with Gasteiger partial charge in [0.25, 0.3) is 0 Å². The fourth-order valence-electron chi connectivity index (χ4n) is 1.62. The standard InChI is InChI=1S/C10H17F3N2O2/c1-2-7-17-9(16)15-5-3-14(4-6-15)8-10(11,12)13/h2-8H2,1H3. The molecule has 0 unspecified atom stereocenters. The summed E-state index contributed by atoms with van der Waals surface area (Å²) < 4.78 is 41.3. The van der Waals surface area contributed by atoms with E-state index in [0.29, 0.717) is 19.7 Å². The number of carbonyl (C=O) groups is 1. The van der Waals surface area contributed by atoms with Crippen molar-refractivity contribution in [3.63, 3.8) is 0 Å². The molecule has 0 saturated carbocycles. The summed E-state index contributed by atoms with van der Waals surface area (Å²) in [5.74, 6) is 0. The van der Waals surface area contributed by atoms with Crippen molar-refractivity contribution in [3.8, 4) is 0 Å². The van der Waals surface area contributed by atoms with Crippen LogP contribution in [0.4, 0.5) is 18.0 Å². The second kappa shape index (κ2) is 6.09. The highest BCUT2D eigenvalue weighted by Gasteiger charge is 2.32. The van der Waals surface area contributed by atoms with Crippen molar-refractivity contribution in [3.05, 3.63) is 0 Å². The maximum Gasteiger partial charge on any atom is 0.409 e. The lowest BCUT2D eigenvalue weighted by Gasteiger charge is -2.34. The lowest BCUT2D eigenvalue weighted by atomic mass is 10.3. The van der Waals surface area contributed by atoms with E-state index in [1.807, 2.05) is 6.92 Å². The van der Waals surface area contributed by atoms with Gasteiger partial charge in [-0.2, -0.15) is 13.2 Å². The van der Waals surface area contributed by atoms with Gasteiger partial charge in [-0.3, -0.25) is 4.90 Å². The van der Waals surface area contributed by atoms with Gasteiger partial charge in [0.15, 0.2) is 0 Å². The van der Waals surface area contributed by atoms with Crippen molar-refractivity contribution >= 4 is 6.09 Å². The van der Waals surface area contributed by atoms with Gasteiger partial charge in [0.05, 0.1) is 13.2 Å². The monoisotopic (exact) mass is 254 g/mol. The number of ether oxygens (including phenoxy) is 1. The van der Waals surface area contributed by atoms with Crippen LogP contribution in [0.3, 0.4) is 0 Å². The molecule has 1 amide bonds. The molecule has 0 aromatic carbocycles. The topological polar surface area (TPSA) is 32.8 Å². The maximum absolute atomic E-state index is 12.1. The van der Waals surface area contributed by atoms with Gasteiger partial charge in [-0.25, -0.2) is 4.79 Å². The highest BCUT2D eigenvalue weighted by Crippen LogP contribution is 2.17. The van der Waals surface area contributed by atoms with E-state index in [4.69, 9.17) is 4.74 Å². The Labute approximate surface area is 98.3 Å². The van der Waals surface area contributed by atoms with Gasteiger partial charge in [-0.05, 0) is 6.42 Å². The van der Waals surface area contributed by atoms with E-state index in [9.17, 15) is 18.0 Å². The summed E-state index contributed by atoms with van der Waals surface area (Å²) in [7, 11) is 0. The Hall–Kier alpha value is -0.980. The maximum atomic E-state index is 12.1. The van der Waals surface area contributed by atoms with E-state index in [2.05, 4.69) is 0 Å². The van der Waals surface area contributed by atoms with Crippen LogP contribution >= 0.6 is 0 Å². The molecule has 17 heavy (non-hydrogen) atoms. The van der Waals surface area contributed by atoms with Crippen molar-refractivity contribution in [2.45, 2.75) is 19.5 Å². The summed E-state index contributed by atoms with van der Waals surface area (Å²) in [6.07, 6.45) is -3.87. The fraction of sp³-hybridized carbons (Fsp3) is 0.900. The van der Waals surface area contributed by atoms with Crippen LogP contribution in [0.1, 0.15) is 13.3 Å². The normalized spacial score (nSPS) is 18.2. The first-order valence-corrected chi connectivity index (χ1v) is 5.63. The number of carbonyl (C=O) groups excluding carboxylic acids is 1. The summed E-state index contributed by atoms with van der Waals surface area (Å²) >= 11 is 0. The number of hydrogen-bond donors (Lipinski definition) is 0. The molecule has 0 aromatic rings. The first-order valence-electron chi connectivity index (χ1n) is 5.63. The third-order valence-corrected chi connectivity index (χ3v) is 2.46. The minimum absolute atomic E-state index is 0.237. The smallest absolute Gasteiger partial charge is 0.409 e. The Balaban J connectivity index is 2.28. The molecule has 0 aliphatic carbocycles. The van der Waals surface area contributed by atoms with Crippen molar-refractivity contribution in [1.82, 2.24) is 9.80 Å². The molecule has 1 rings (SSSR count). The Morgan fingerprint density at radius 3 is 2.29 bits per heavy atom. The Morgan fingerprint density at radius 1 is 1.24 bits per heavy atom. The third kappa shape index (κ3) is 5.25. The Bertz CT molecular complexity index is 250. The van der Waals surface area contributed by atoms with Gasteiger partial charge >= 0.3 is 12.3 Å². The van der Waals surface area contributed by atoms with Gasteiger partial charge < -0.3 is 9.64 Å². The van der Waals surface area contributed by atoms with Crippen molar-refractivity contribution in [2.75, 3.05) is 39.3 Å². The molecule has 1 aliphatic heterocycles. The van der Waals surface area contributed by atoms with E-state index < -0.39 is 18.8 Å². The third-order valence-electron chi connectivity index (χ3n) is 2.46. The second-order valence-corrected chi connectivity index (χ2v) is 3.99. The number of nitrogens with zero attached hydrogens (tertiary/aromatic N) is 2. The summed E-state index contributed by atoms with van der Waals surface area (Å²) in [5, 5.41) is 0. The van der Waals surface area contributed by atoms with Crippen molar-refractivity contribution in [1.29, 1.82) is 0 Å². The highest BCUT2D eigenvalue weighted by atomic mass is 19.4. The number of piperazine rings is 1. The molecule has 1 aliphatic rings. The summed E-state index contributed by atoms with van der Waals surface area (Å²) in [6, 6.07) is 0. The van der Waals surface area contributed by atoms with E-state index in [1.165, 1.54) is 9.80 Å². The molecule has 1 saturated heterocycles. The van der Waals surface area contributed by atoms with Gasteiger partial charge in [0, 0.05) is 26.2 Å². The van der Waals surface area contributed by atoms with Crippen LogP contribution in [0.5, 0.6) is 0 Å². The predicted octanol–water partition coefficient (Wildman–Crippen LogP) is 1.71. The van der Waals surface area contributed by atoms with Gasteiger partial charge in [0.2, 0.25) is 0 Å². The van der Waals surface area contributed by atoms with Gasteiger partial charge in [-0.15, -0.1) is 0 Å². The van der Waals surface area contributed by atoms with E-state index in [-0.39, 0.29) is 13.1 Å². The van der Waals surface area contributed by atoms with Crippen LogP contribution in [-0.2, 0) is 4.74 Å². The first kappa shape index (κ1) is 14.1. The molecule has 0 atom stereocenters. The van der Waals surface area contributed by atoms with E-state index in [1.54, 1.807) is 0 Å². The molecule has 0 N–H and O–H groups in total. The fourth-order valence-corrected chi connectivity index (χ4v) is 1.62. The quantitative estimate of drug-likeness (QED) is 0.768. The van der Waals surface area contributed by atoms with E-state index in [0.717, 1.165) is 6.42 Å². The van der Waals surface area contributed by atoms with E-state index >= 15 is 0 Å². The molecule has 100 valence electrons. The van der Waals surface area contributed by atoms with Gasteiger partial charge in [-0.1, -0.05) is 6.92 Å². The lowest BCUT2D eigenvalue weighted by Crippen LogP contribution is -2.51. The van der Waals surface area contributed by atoms with Crippen LogP contribution in [-0.4, -0.2) is 61.4 Å². The first-order chi connectivity index (χ1) is 7.92. The molecule has 7 heteroatoms. The lowest BCUT2D eigenvalue weighted by molar-refractivity contribution is -0.148. The zero-order chi connectivity index (χ0) is 12.9. The minimum Gasteiger partial charge on any atom is -0.449 e. The van der Waals surface area contributed by atoms with Crippen LogP contribution in [0.25, 0.3) is 0 Å². The zero-order valence-corrected chi connectivity index (χ0v) is 9.79. The van der Waals surface area contributed by atoms with Crippen molar-refractivity contribution < 1.29 is 22.7 Å². The molecule has 0 spiro atoms. The number of hydrogen-bond acceptors (Lipinski definition) is 3. The molecule has 0 bridgehead atoms. The molecular formula is C10H17F3N2O2. The number of alkyl halides is 3. The average Bonchev–Trinajstić information content (AvgIpc) is 2.24. The minimum atomic E-state index is -4.18. The SMILES string of the molecule is CCCOC(=O)N1CCN(CC(F)(F)F)CC1. The Kier molecular flexibility index (Phi) is 5.04. The Morgan fingerprint density at radius 2 is 1.82 bits per heavy atom. The van der Waals surface area contributed by atoms with Crippen molar-refractivity contribution in [2.24, 2.45) is 0 Å².